The number of anilines is 1. The fourth-order valence-electron chi connectivity index (χ4n) is 2.49. The molecule has 0 unspecified atom stereocenters. The van der Waals surface area contributed by atoms with Crippen LogP contribution in [0.15, 0.2) is 41.3 Å². The summed E-state index contributed by atoms with van der Waals surface area (Å²) in [5, 5.41) is 3.08. The number of hydrogen-bond donors (Lipinski definition) is 1. The summed E-state index contributed by atoms with van der Waals surface area (Å²) < 4.78 is 0. The molecule has 0 bridgehead atoms. The molecule has 1 aliphatic rings. The number of fused-ring (bicyclic) bond motifs is 1. The molecule has 2 nitrogen and oxygen atoms in total. The molecule has 1 aromatic heterocycles. The smallest absolute Gasteiger partial charge is 0.125 e. The molecule has 0 atom stereocenters. The zero-order chi connectivity index (χ0) is 13.1. The van der Waals surface area contributed by atoms with Crippen molar-refractivity contribution in [2.45, 2.75) is 29.9 Å². The van der Waals surface area contributed by atoms with Crippen molar-refractivity contribution in [3.63, 3.8) is 0 Å². The molecule has 3 rings (SSSR count). The van der Waals surface area contributed by atoms with Crippen LogP contribution in [-0.2, 0) is 18.6 Å². The molecule has 19 heavy (non-hydrogen) atoms. The number of rotatable bonds is 4. The van der Waals surface area contributed by atoms with E-state index in [9.17, 15) is 0 Å². The fourth-order valence-corrected chi connectivity index (χ4v) is 3.36. The Morgan fingerprint density at radius 3 is 2.95 bits per heavy atom. The Kier molecular flexibility index (Phi) is 3.74. The monoisotopic (exact) mass is 270 g/mol. The Labute approximate surface area is 118 Å². The van der Waals surface area contributed by atoms with Crippen molar-refractivity contribution >= 4 is 17.6 Å². The van der Waals surface area contributed by atoms with Gasteiger partial charge in [-0.2, -0.15) is 0 Å². The van der Waals surface area contributed by atoms with E-state index in [2.05, 4.69) is 40.6 Å². The Morgan fingerprint density at radius 2 is 2.05 bits per heavy atom. The first-order valence-corrected chi connectivity index (χ1v) is 7.72. The van der Waals surface area contributed by atoms with Crippen LogP contribution in [0.25, 0.3) is 0 Å². The van der Waals surface area contributed by atoms with Crippen molar-refractivity contribution in [1.29, 1.82) is 0 Å². The summed E-state index contributed by atoms with van der Waals surface area (Å²) in [5.41, 5.74) is 4.21. The van der Waals surface area contributed by atoms with Gasteiger partial charge in [0.15, 0.2) is 0 Å². The molecular formula is C16H18N2S. The lowest BCUT2D eigenvalue weighted by atomic mass is 10.1. The van der Waals surface area contributed by atoms with E-state index in [0.29, 0.717) is 0 Å². The second-order valence-electron chi connectivity index (χ2n) is 4.84. The van der Waals surface area contributed by atoms with E-state index in [1.165, 1.54) is 24.2 Å². The van der Waals surface area contributed by atoms with Gasteiger partial charge >= 0.3 is 0 Å². The maximum Gasteiger partial charge on any atom is 0.125 e. The quantitative estimate of drug-likeness (QED) is 0.853. The molecule has 3 heteroatoms. The number of benzene rings is 1. The highest BCUT2D eigenvalue weighted by Gasteiger charge is 2.10. The van der Waals surface area contributed by atoms with Gasteiger partial charge in [0.25, 0.3) is 0 Å². The van der Waals surface area contributed by atoms with Gasteiger partial charge in [0, 0.05) is 17.7 Å². The Balaban J connectivity index is 1.68. The second-order valence-corrected chi connectivity index (χ2v) is 5.89. The molecule has 0 fully saturated rings. The van der Waals surface area contributed by atoms with E-state index < -0.39 is 0 Å². The number of aryl methyl sites for hydroxylation is 2. The lowest BCUT2D eigenvalue weighted by molar-refractivity contribution is 0.911. The third kappa shape index (κ3) is 2.92. The lowest BCUT2D eigenvalue weighted by Gasteiger charge is -2.06. The minimum atomic E-state index is 0.925. The summed E-state index contributed by atoms with van der Waals surface area (Å²) in [6, 6.07) is 13.0. The van der Waals surface area contributed by atoms with Crippen LogP contribution >= 0.6 is 11.8 Å². The van der Waals surface area contributed by atoms with Crippen molar-refractivity contribution < 1.29 is 0 Å². The van der Waals surface area contributed by atoms with Crippen LogP contribution in [0.3, 0.4) is 0 Å². The van der Waals surface area contributed by atoms with Crippen LogP contribution in [-0.4, -0.2) is 12.0 Å². The summed E-state index contributed by atoms with van der Waals surface area (Å²) in [7, 11) is 1.90. The van der Waals surface area contributed by atoms with Crippen LogP contribution in [0.1, 0.15) is 23.2 Å². The molecule has 1 aliphatic carbocycles. The minimum Gasteiger partial charge on any atom is -0.373 e. The second kappa shape index (κ2) is 5.66. The van der Waals surface area contributed by atoms with Gasteiger partial charge < -0.3 is 5.32 Å². The van der Waals surface area contributed by atoms with Crippen LogP contribution in [0.2, 0.25) is 0 Å². The highest BCUT2D eigenvalue weighted by molar-refractivity contribution is 7.98. The summed E-state index contributed by atoms with van der Waals surface area (Å²) in [5.74, 6) is 1.86. The van der Waals surface area contributed by atoms with Gasteiger partial charge in [-0.3, -0.25) is 0 Å². The molecule has 0 aliphatic heterocycles. The molecule has 0 amide bonds. The molecular weight excluding hydrogens is 252 g/mol. The third-order valence-electron chi connectivity index (χ3n) is 3.52. The topological polar surface area (TPSA) is 24.9 Å². The van der Waals surface area contributed by atoms with Gasteiger partial charge in [0.05, 0.1) is 5.69 Å². The van der Waals surface area contributed by atoms with E-state index >= 15 is 0 Å². The van der Waals surface area contributed by atoms with Gasteiger partial charge in [-0.15, -0.1) is 11.8 Å². The zero-order valence-corrected chi connectivity index (χ0v) is 12.0. The van der Waals surface area contributed by atoms with Crippen molar-refractivity contribution in [2.75, 3.05) is 12.4 Å². The van der Waals surface area contributed by atoms with E-state index in [-0.39, 0.29) is 0 Å². The van der Waals surface area contributed by atoms with E-state index in [4.69, 9.17) is 0 Å². The molecule has 0 radical (unpaired) electrons. The number of hydrogen-bond acceptors (Lipinski definition) is 3. The Morgan fingerprint density at radius 1 is 1.16 bits per heavy atom. The number of thioether (sulfide) groups is 1. The SMILES string of the molecule is CNc1cccc(CSc2ccc3c(c2)CCC3)n1. The van der Waals surface area contributed by atoms with Gasteiger partial charge in [-0.1, -0.05) is 12.1 Å². The highest BCUT2D eigenvalue weighted by atomic mass is 32.2. The predicted molar refractivity (Wildman–Crippen MR) is 81.8 cm³/mol. The molecule has 2 aromatic rings. The third-order valence-corrected chi connectivity index (χ3v) is 4.55. The minimum absolute atomic E-state index is 0.925. The van der Waals surface area contributed by atoms with E-state index in [0.717, 1.165) is 17.3 Å². The van der Waals surface area contributed by atoms with Crippen LogP contribution in [0.4, 0.5) is 5.82 Å². The molecule has 0 saturated heterocycles. The molecule has 1 N–H and O–H groups in total. The standard InChI is InChI=1S/C16H18N2S/c1-17-16-7-3-6-14(18-16)11-19-15-9-8-12-4-2-5-13(12)10-15/h3,6-10H,2,4-5,11H2,1H3,(H,17,18). The summed E-state index contributed by atoms with van der Waals surface area (Å²) in [6.45, 7) is 0. The predicted octanol–water partition coefficient (Wildman–Crippen LogP) is 3.90. The van der Waals surface area contributed by atoms with Gasteiger partial charge in [-0.05, 0) is 54.7 Å². The number of pyridine rings is 1. The molecule has 0 spiro atoms. The first-order valence-electron chi connectivity index (χ1n) is 6.73. The molecule has 1 heterocycles. The summed E-state index contributed by atoms with van der Waals surface area (Å²) >= 11 is 1.87. The van der Waals surface area contributed by atoms with Gasteiger partial charge in [0.2, 0.25) is 0 Å². The maximum absolute atomic E-state index is 4.55. The maximum atomic E-state index is 4.55. The average molecular weight is 270 g/mol. The Bertz CT molecular complexity index is 581. The van der Waals surface area contributed by atoms with Gasteiger partial charge in [-0.25, -0.2) is 4.98 Å². The number of nitrogens with one attached hydrogen (secondary N) is 1. The molecule has 98 valence electrons. The fraction of sp³-hybridized carbons (Fsp3) is 0.312. The first kappa shape index (κ1) is 12.5. The lowest BCUT2D eigenvalue weighted by Crippen LogP contribution is -1.94. The Hall–Kier alpha value is -1.48. The van der Waals surface area contributed by atoms with Crippen molar-refractivity contribution in [1.82, 2.24) is 4.98 Å². The van der Waals surface area contributed by atoms with Crippen LogP contribution < -0.4 is 5.32 Å². The largest absolute Gasteiger partial charge is 0.373 e. The van der Waals surface area contributed by atoms with Crippen LogP contribution in [0.5, 0.6) is 0 Å². The summed E-state index contributed by atoms with van der Waals surface area (Å²) in [4.78, 5) is 5.91. The zero-order valence-electron chi connectivity index (χ0n) is 11.1. The van der Waals surface area contributed by atoms with Crippen LogP contribution in [0, 0.1) is 0 Å². The van der Waals surface area contributed by atoms with Crippen molar-refractivity contribution in [2.24, 2.45) is 0 Å². The number of nitrogens with zero attached hydrogens (tertiary/aromatic N) is 1. The van der Waals surface area contributed by atoms with Gasteiger partial charge in [0.1, 0.15) is 5.82 Å². The highest BCUT2D eigenvalue weighted by Crippen LogP contribution is 2.29. The summed E-state index contributed by atoms with van der Waals surface area (Å²) in [6.07, 6.45) is 3.82. The number of aromatic nitrogens is 1. The van der Waals surface area contributed by atoms with Crippen molar-refractivity contribution in [3.8, 4) is 0 Å². The van der Waals surface area contributed by atoms with E-state index in [1.54, 1.807) is 11.1 Å². The average Bonchev–Trinajstić information content (AvgIpc) is 2.93. The van der Waals surface area contributed by atoms with Crippen molar-refractivity contribution in [3.05, 3.63) is 53.2 Å². The molecule has 0 saturated carbocycles. The van der Waals surface area contributed by atoms with E-state index in [1.807, 2.05) is 24.9 Å². The molecule has 1 aromatic carbocycles. The first-order chi connectivity index (χ1) is 9.35. The normalized spacial score (nSPS) is 13.3.